The summed E-state index contributed by atoms with van der Waals surface area (Å²) in [5.41, 5.74) is 2.95. The van der Waals surface area contributed by atoms with Gasteiger partial charge in [0, 0.05) is 11.6 Å². The van der Waals surface area contributed by atoms with Gasteiger partial charge in [-0.1, -0.05) is 73.2 Å². The van der Waals surface area contributed by atoms with Crippen molar-refractivity contribution in [3.05, 3.63) is 84.9 Å². The SMILES string of the molecule is C#CN(Oc1ccccc1)c1ccccc1-c1ccccc1. The maximum Gasteiger partial charge on any atom is 0.156 e. The Morgan fingerprint density at radius 1 is 0.727 bits per heavy atom. The number of anilines is 1. The van der Waals surface area contributed by atoms with Gasteiger partial charge in [0.25, 0.3) is 0 Å². The second kappa shape index (κ2) is 6.51. The van der Waals surface area contributed by atoms with Crippen molar-refractivity contribution in [1.29, 1.82) is 0 Å². The molecule has 3 rings (SSSR count). The van der Waals surface area contributed by atoms with Crippen LogP contribution in [-0.4, -0.2) is 0 Å². The third kappa shape index (κ3) is 2.94. The minimum Gasteiger partial charge on any atom is -0.367 e. The molecule has 0 fully saturated rings. The van der Waals surface area contributed by atoms with Gasteiger partial charge >= 0.3 is 0 Å². The molecule has 0 amide bonds. The maximum absolute atomic E-state index is 5.81. The number of rotatable bonds is 4. The Kier molecular flexibility index (Phi) is 4.08. The minimum atomic E-state index is 0.698. The smallest absolute Gasteiger partial charge is 0.156 e. The molecule has 0 radical (unpaired) electrons. The van der Waals surface area contributed by atoms with Gasteiger partial charge in [0.15, 0.2) is 5.75 Å². The van der Waals surface area contributed by atoms with Gasteiger partial charge in [0.2, 0.25) is 0 Å². The van der Waals surface area contributed by atoms with Gasteiger partial charge in [0.05, 0.1) is 5.69 Å². The van der Waals surface area contributed by atoms with Crippen LogP contribution in [0, 0.1) is 12.5 Å². The molecule has 3 aromatic rings. The zero-order valence-corrected chi connectivity index (χ0v) is 12.0. The summed E-state index contributed by atoms with van der Waals surface area (Å²) in [6, 6.07) is 30.1. The summed E-state index contributed by atoms with van der Waals surface area (Å²) in [6.07, 6.45) is 5.65. The van der Waals surface area contributed by atoms with Crippen LogP contribution < -0.4 is 9.90 Å². The molecule has 0 aliphatic heterocycles. The van der Waals surface area contributed by atoms with E-state index in [4.69, 9.17) is 11.3 Å². The number of hydrogen-bond acceptors (Lipinski definition) is 2. The van der Waals surface area contributed by atoms with E-state index in [0.29, 0.717) is 5.75 Å². The standard InChI is InChI=1S/C20H15NO/c1-2-21(22-18-13-7-4-8-14-18)20-16-10-9-15-19(20)17-11-5-3-6-12-17/h1,3-16H. The molecule has 0 aliphatic rings. The Morgan fingerprint density at radius 2 is 1.32 bits per heavy atom. The first-order valence-electron chi connectivity index (χ1n) is 7.02. The Bertz CT molecular complexity index is 776. The zero-order chi connectivity index (χ0) is 15.2. The number of benzene rings is 3. The Balaban J connectivity index is 1.98. The zero-order valence-electron chi connectivity index (χ0n) is 12.0. The van der Waals surface area contributed by atoms with Gasteiger partial charge in [0.1, 0.15) is 0 Å². The second-order valence-corrected chi connectivity index (χ2v) is 4.71. The highest BCUT2D eigenvalue weighted by atomic mass is 16.7. The van der Waals surface area contributed by atoms with E-state index in [2.05, 4.69) is 18.2 Å². The van der Waals surface area contributed by atoms with Crippen molar-refractivity contribution in [2.24, 2.45) is 0 Å². The highest BCUT2D eigenvalue weighted by Gasteiger charge is 2.12. The summed E-state index contributed by atoms with van der Waals surface area (Å²) < 4.78 is 0. The van der Waals surface area contributed by atoms with Crippen LogP contribution in [0.25, 0.3) is 11.1 Å². The fourth-order valence-corrected chi connectivity index (χ4v) is 2.24. The molecule has 106 valence electrons. The molecule has 0 saturated carbocycles. The number of hydrogen-bond donors (Lipinski definition) is 0. The van der Waals surface area contributed by atoms with Crippen LogP contribution in [0.4, 0.5) is 5.69 Å². The van der Waals surface area contributed by atoms with Gasteiger partial charge < -0.3 is 4.84 Å². The fraction of sp³-hybridized carbons (Fsp3) is 0. The van der Waals surface area contributed by atoms with Gasteiger partial charge in [-0.2, -0.15) is 0 Å². The van der Waals surface area contributed by atoms with Gasteiger partial charge in [-0.25, -0.2) is 0 Å². The van der Waals surface area contributed by atoms with Crippen LogP contribution in [0.15, 0.2) is 84.9 Å². The van der Waals surface area contributed by atoms with Crippen molar-refractivity contribution in [2.75, 3.05) is 5.06 Å². The van der Waals surface area contributed by atoms with Crippen molar-refractivity contribution in [1.82, 2.24) is 0 Å². The lowest BCUT2D eigenvalue weighted by atomic mass is 10.0. The summed E-state index contributed by atoms with van der Waals surface area (Å²) >= 11 is 0. The normalized spacial score (nSPS) is 9.77. The van der Waals surface area contributed by atoms with Crippen molar-refractivity contribution in [3.63, 3.8) is 0 Å². The van der Waals surface area contributed by atoms with Gasteiger partial charge in [-0.05, 0) is 23.8 Å². The van der Waals surface area contributed by atoms with Crippen molar-refractivity contribution in [3.8, 4) is 29.3 Å². The van der Waals surface area contributed by atoms with E-state index in [-0.39, 0.29) is 0 Å². The molecule has 0 spiro atoms. The quantitative estimate of drug-likeness (QED) is 0.390. The van der Waals surface area contributed by atoms with E-state index < -0.39 is 0 Å². The maximum atomic E-state index is 5.81. The van der Waals surface area contributed by atoms with Crippen LogP contribution in [0.2, 0.25) is 0 Å². The molecule has 3 aromatic carbocycles. The largest absolute Gasteiger partial charge is 0.367 e. The van der Waals surface area contributed by atoms with Gasteiger partial charge in [-0.3, -0.25) is 0 Å². The second-order valence-electron chi connectivity index (χ2n) is 4.71. The lowest BCUT2D eigenvalue weighted by Gasteiger charge is -2.20. The highest BCUT2D eigenvalue weighted by molar-refractivity contribution is 5.79. The van der Waals surface area contributed by atoms with E-state index in [9.17, 15) is 0 Å². The number of terminal acetylenes is 1. The summed E-state index contributed by atoms with van der Waals surface area (Å²) in [5, 5.41) is 1.46. The predicted octanol–water partition coefficient (Wildman–Crippen LogP) is 4.74. The third-order valence-electron chi connectivity index (χ3n) is 3.26. The first kappa shape index (κ1) is 13.8. The number of hydroxylamine groups is 1. The molecule has 0 aliphatic carbocycles. The van der Waals surface area contributed by atoms with Gasteiger partial charge in [-0.15, -0.1) is 5.06 Å². The molecule has 2 heteroatoms. The lowest BCUT2D eigenvalue weighted by molar-refractivity contribution is 0.327. The van der Waals surface area contributed by atoms with Crippen molar-refractivity contribution in [2.45, 2.75) is 0 Å². The molecular formula is C20H15NO. The van der Waals surface area contributed by atoms with Crippen molar-refractivity contribution >= 4 is 5.69 Å². The first-order chi connectivity index (χ1) is 10.9. The molecular weight excluding hydrogens is 270 g/mol. The monoisotopic (exact) mass is 285 g/mol. The Morgan fingerprint density at radius 3 is 2.00 bits per heavy atom. The van der Waals surface area contributed by atoms with Crippen LogP contribution in [-0.2, 0) is 0 Å². The summed E-state index contributed by atoms with van der Waals surface area (Å²) in [5.74, 6) is 0.698. The molecule has 0 heterocycles. The highest BCUT2D eigenvalue weighted by Crippen LogP contribution is 2.31. The first-order valence-corrected chi connectivity index (χ1v) is 7.02. The molecule has 0 atom stereocenters. The molecule has 0 aromatic heterocycles. The average Bonchev–Trinajstić information content (AvgIpc) is 2.61. The lowest BCUT2D eigenvalue weighted by Crippen LogP contribution is -2.21. The molecule has 22 heavy (non-hydrogen) atoms. The molecule has 0 saturated heterocycles. The van der Waals surface area contributed by atoms with E-state index in [1.165, 1.54) is 5.06 Å². The molecule has 0 bridgehead atoms. The average molecular weight is 285 g/mol. The topological polar surface area (TPSA) is 12.5 Å². The molecule has 0 N–H and O–H groups in total. The van der Waals surface area contributed by atoms with Crippen LogP contribution >= 0.6 is 0 Å². The van der Waals surface area contributed by atoms with Crippen LogP contribution in [0.3, 0.4) is 0 Å². The fourth-order valence-electron chi connectivity index (χ4n) is 2.24. The minimum absolute atomic E-state index is 0.698. The summed E-state index contributed by atoms with van der Waals surface area (Å²) in [7, 11) is 0. The predicted molar refractivity (Wildman–Crippen MR) is 90.3 cm³/mol. The van der Waals surface area contributed by atoms with Crippen molar-refractivity contribution < 1.29 is 4.84 Å². The third-order valence-corrected chi connectivity index (χ3v) is 3.26. The van der Waals surface area contributed by atoms with Crippen LogP contribution in [0.1, 0.15) is 0 Å². The van der Waals surface area contributed by atoms with E-state index in [1.54, 1.807) is 0 Å². The molecule has 0 unspecified atom stereocenters. The number of para-hydroxylation sites is 2. The molecule has 2 nitrogen and oxygen atoms in total. The Labute approximate surface area is 130 Å². The summed E-state index contributed by atoms with van der Waals surface area (Å²) in [4.78, 5) is 5.81. The van der Waals surface area contributed by atoms with Crippen LogP contribution in [0.5, 0.6) is 5.75 Å². The van der Waals surface area contributed by atoms with E-state index in [0.717, 1.165) is 16.8 Å². The number of nitrogens with zero attached hydrogens (tertiary/aromatic N) is 1. The Hall–Kier alpha value is -3.18. The van der Waals surface area contributed by atoms with E-state index in [1.807, 2.05) is 72.8 Å². The van der Waals surface area contributed by atoms with E-state index >= 15 is 0 Å². The summed E-state index contributed by atoms with van der Waals surface area (Å²) in [6.45, 7) is 0.